The van der Waals surface area contributed by atoms with E-state index in [1.165, 1.54) is 0 Å². The number of carbonyl (C=O) groups excluding carboxylic acids is 1. The highest BCUT2D eigenvalue weighted by atomic mass is 16.5. The minimum absolute atomic E-state index is 0.157. The van der Waals surface area contributed by atoms with Crippen molar-refractivity contribution in [1.82, 2.24) is 0 Å². The molecule has 3 aromatic carbocycles. The lowest BCUT2D eigenvalue weighted by Crippen LogP contribution is -2.32. The third-order valence-corrected chi connectivity index (χ3v) is 4.57. The van der Waals surface area contributed by atoms with Gasteiger partial charge in [0.15, 0.2) is 5.84 Å². The van der Waals surface area contributed by atoms with Crippen LogP contribution >= 0.6 is 0 Å². The van der Waals surface area contributed by atoms with Gasteiger partial charge >= 0.3 is 0 Å². The molecule has 0 aromatic heterocycles. The van der Waals surface area contributed by atoms with Gasteiger partial charge in [-0.25, -0.2) is 4.99 Å². The highest BCUT2D eigenvalue weighted by Gasteiger charge is 2.33. The maximum atomic E-state index is 13.3. The van der Waals surface area contributed by atoms with Crippen molar-refractivity contribution in [2.75, 3.05) is 12.0 Å². The standard InChI is InChI=1S/C24H20N2O2/c1-17-9-8-12-19(15-17)26-23(20-13-6-7-14-22(20)28-2)25-21(24(26)27)16-18-10-4-3-5-11-18/h3-16H,1-2H3/b21-16+. The van der Waals surface area contributed by atoms with Gasteiger partial charge in [0.2, 0.25) is 0 Å². The Hall–Kier alpha value is -3.66. The average Bonchev–Trinajstić information content (AvgIpc) is 3.04. The third kappa shape index (κ3) is 3.32. The van der Waals surface area contributed by atoms with Gasteiger partial charge in [0.05, 0.1) is 18.4 Å². The van der Waals surface area contributed by atoms with E-state index in [-0.39, 0.29) is 5.91 Å². The van der Waals surface area contributed by atoms with Crippen LogP contribution in [0.2, 0.25) is 0 Å². The second kappa shape index (κ2) is 7.53. The molecular formula is C24H20N2O2. The highest BCUT2D eigenvalue weighted by Crippen LogP contribution is 2.31. The lowest BCUT2D eigenvalue weighted by atomic mass is 10.1. The van der Waals surface area contributed by atoms with E-state index in [1.54, 1.807) is 12.0 Å². The summed E-state index contributed by atoms with van der Waals surface area (Å²) in [5.74, 6) is 1.08. The molecule has 1 heterocycles. The van der Waals surface area contributed by atoms with Crippen LogP contribution in [0, 0.1) is 6.92 Å². The maximum Gasteiger partial charge on any atom is 0.282 e. The zero-order valence-electron chi connectivity index (χ0n) is 15.8. The number of anilines is 1. The zero-order chi connectivity index (χ0) is 19.5. The van der Waals surface area contributed by atoms with E-state index < -0.39 is 0 Å². The Morgan fingerprint density at radius 1 is 0.929 bits per heavy atom. The molecule has 4 heteroatoms. The number of rotatable bonds is 4. The Balaban J connectivity index is 1.88. The van der Waals surface area contributed by atoms with Crippen LogP contribution < -0.4 is 9.64 Å². The second-order valence-corrected chi connectivity index (χ2v) is 6.56. The van der Waals surface area contributed by atoms with Crippen LogP contribution in [0.3, 0.4) is 0 Å². The molecule has 0 radical (unpaired) electrons. The van der Waals surface area contributed by atoms with Crippen molar-refractivity contribution in [3.05, 3.63) is 101 Å². The van der Waals surface area contributed by atoms with Crippen molar-refractivity contribution < 1.29 is 9.53 Å². The number of benzene rings is 3. The van der Waals surface area contributed by atoms with E-state index in [1.807, 2.05) is 91.9 Å². The van der Waals surface area contributed by atoms with Gasteiger partial charge in [-0.3, -0.25) is 9.69 Å². The number of para-hydroxylation sites is 1. The Morgan fingerprint density at radius 2 is 1.68 bits per heavy atom. The molecule has 0 saturated carbocycles. The van der Waals surface area contributed by atoms with Gasteiger partial charge in [-0.15, -0.1) is 0 Å². The molecule has 1 aliphatic heterocycles. The predicted octanol–water partition coefficient (Wildman–Crippen LogP) is 4.84. The summed E-state index contributed by atoms with van der Waals surface area (Å²) in [4.78, 5) is 19.7. The molecule has 28 heavy (non-hydrogen) atoms. The normalized spacial score (nSPS) is 15.1. The second-order valence-electron chi connectivity index (χ2n) is 6.56. The molecular weight excluding hydrogens is 348 g/mol. The highest BCUT2D eigenvalue weighted by molar-refractivity contribution is 6.33. The van der Waals surface area contributed by atoms with Crippen LogP contribution in [0.4, 0.5) is 5.69 Å². The predicted molar refractivity (Wildman–Crippen MR) is 113 cm³/mol. The fourth-order valence-electron chi connectivity index (χ4n) is 3.24. The number of hydrogen-bond acceptors (Lipinski definition) is 3. The quantitative estimate of drug-likeness (QED) is 0.619. The Labute approximate surface area is 164 Å². The van der Waals surface area contributed by atoms with Gasteiger partial charge in [-0.1, -0.05) is 54.6 Å². The molecule has 0 unspecified atom stereocenters. The van der Waals surface area contributed by atoms with Crippen LogP contribution in [0.1, 0.15) is 16.7 Å². The Kier molecular flexibility index (Phi) is 4.77. The van der Waals surface area contributed by atoms with E-state index in [2.05, 4.69) is 0 Å². The molecule has 0 N–H and O–H groups in total. The van der Waals surface area contributed by atoms with Gasteiger partial charge < -0.3 is 4.74 Å². The first kappa shape index (κ1) is 17.7. The van der Waals surface area contributed by atoms with E-state index in [0.29, 0.717) is 17.3 Å². The summed E-state index contributed by atoms with van der Waals surface area (Å²) in [6, 6.07) is 25.2. The smallest absolute Gasteiger partial charge is 0.282 e. The van der Waals surface area contributed by atoms with Gasteiger partial charge in [0.25, 0.3) is 5.91 Å². The molecule has 138 valence electrons. The fourth-order valence-corrected chi connectivity index (χ4v) is 3.24. The lowest BCUT2D eigenvalue weighted by molar-refractivity contribution is -0.113. The third-order valence-electron chi connectivity index (χ3n) is 4.57. The number of amides is 1. The number of amidine groups is 1. The SMILES string of the molecule is COc1ccccc1C1=N/C(=C/c2ccccc2)C(=O)N1c1cccc(C)c1. The van der Waals surface area contributed by atoms with Crippen molar-refractivity contribution in [2.24, 2.45) is 4.99 Å². The number of aryl methyl sites for hydroxylation is 1. The molecule has 0 bridgehead atoms. The minimum Gasteiger partial charge on any atom is -0.496 e. The summed E-state index contributed by atoms with van der Waals surface area (Å²) in [6.45, 7) is 2.00. The molecule has 0 atom stereocenters. The Morgan fingerprint density at radius 3 is 2.43 bits per heavy atom. The van der Waals surface area contributed by atoms with Gasteiger partial charge in [-0.05, 0) is 48.4 Å². The zero-order valence-corrected chi connectivity index (χ0v) is 15.8. The number of carbonyl (C=O) groups is 1. The van der Waals surface area contributed by atoms with Crippen molar-refractivity contribution in [1.29, 1.82) is 0 Å². The number of hydrogen-bond donors (Lipinski definition) is 0. The van der Waals surface area contributed by atoms with E-state index in [0.717, 1.165) is 22.4 Å². The minimum atomic E-state index is -0.157. The molecule has 3 aromatic rings. The first-order valence-electron chi connectivity index (χ1n) is 9.07. The number of ether oxygens (including phenoxy) is 1. The average molecular weight is 368 g/mol. The van der Waals surface area contributed by atoms with Crippen molar-refractivity contribution >= 4 is 23.5 Å². The van der Waals surface area contributed by atoms with Crippen molar-refractivity contribution in [3.8, 4) is 5.75 Å². The Bertz CT molecular complexity index is 1080. The summed E-state index contributed by atoms with van der Waals surface area (Å²) in [5, 5.41) is 0. The first-order valence-corrected chi connectivity index (χ1v) is 9.07. The topological polar surface area (TPSA) is 41.9 Å². The summed E-state index contributed by atoms with van der Waals surface area (Å²) in [7, 11) is 1.62. The van der Waals surface area contributed by atoms with E-state index >= 15 is 0 Å². The molecule has 4 nitrogen and oxygen atoms in total. The maximum absolute atomic E-state index is 13.3. The van der Waals surface area contributed by atoms with Crippen LogP contribution in [-0.2, 0) is 4.79 Å². The molecule has 4 rings (SSSR count). The molecule has 1 amide bonds. The van der Waals surface area contributed by atoms with Crippen molar-refractivity contribution in [3.63, 3.8) is 0 Å². The molecule has 0 spiro atoms. The van der Waals surface area contributed by atoms with Gasteiger partial charge in [-0.2, -0.15) is 0 Å². The van der Waals surface area contributed by atoms with Crippen LogP contribution in [0.25, 0.3) is 6.08 Å². The number of methoxy groups -OCH3 is 1. The summed E-state index contributed by atoms with van der Waals surface area (Å²) >= 11 is 0. The van der Waals surface area contributed by atoms with Gasteiger partial charge in [0.1, 0.15) is 11.4 Å². The van der Waals surface area contributed by atoms with E-state index in [9.17, 15) is 4.79 Å². The summed E-state index contributed by atoms with van der Waals surface area (Å²) < 4.78 is 5.52. The van der Waals surface area contributed by atoms with Gasteiger partial charge in [0, 0.05) is 0 Å². The largest absolute Gasteiger partial charge is 0.496 e. The van der Waals surface area contributed by atoms with Crippen LogP contribution in [0.15, 0.2) is 89.6 Å². The molecule has 0 aliphatic carbocycles. The fraction of sp³-hybridized carbons (Fsp3) is 0.0833. The number of nitrogens with zero attached hydrogens (tertiary/aromatic N) is 2. The van der Waals surface area contributed by atoms with Crippen molar-refractivity contribution in [2.45, 2.75) is 6.92 Å². The first-order chi connectivity index (χ1) is 13.7. The van der Waals surface area contributed by atoms with Crippen LogP contribution in [-0.4, -0.2) is 18.9 Å². The summed E-state index contributed by atoms with van der Waals surface area (Å²) in [5.41, 5.74) is 3.96. The molecule has 0 saturated heterocycles. The monoisotopic (exact) mass is 368 g/mol. The van der Waals surface area contributed by atoms with E-state index in [4.69, 9.17) is 9.73 Å². The van der Waals surface area contributed by atoms with Crippen LogP contribution in [0.5, 0.6) is 5.75 Å². The summed E-state index contributed by atoms with van der Waals surface area (Å²) in [6.07, 6.45) is 1.81. The number of aliphatic imine (C=N–C) groups is 1. The molecule has 0 fully saturated rings. The lowest BCUT2D eigenvalue weighted by Gasteiger charge is -2.20. The molecule has 1 aliphatic rings.